The molecule has 5 heteroatoms. The molecule has 3 N–H and O–H groups in total. The van der Waals surface area contributed by atoms with E-state index >= 15 is 0 Å². The van der Waals surface area contributed by atoms with Crippen LogP contribution in [0.4, 0.5) is 0 Å². The topological polar surface area (TPSA) is 96.0 Å². The van der Waals surface area contributed by atoms with Gasteiger partial charge in [0, 0.05) is 6.42 Å². The molecule has 2 rings (SSSR count). The van der Waals surface area contributed by atoms with Crippen LogP contribution in [0.25, 0.3) is 0 Å². The summed E-state index contributed by atoms with van der Waals surface area (Å²) in [6, 6.07) is 17.4. The first-order chi connectivity index (χ1) is 11.1. The Labute approximate surface area is 134 Å². The molecule has 1 atom stereocenters. The summed E-state index contributed by atoms with van der Waals surface area (Å²) < 4.78 is 0. The first kappa shape index (κ1) is 16.2. The van der Waals surface area contributed by atoms with E-state index in [0.717, 1.165) is 5.56 Å². The molecule has 0 spiro atoms. The summed E-state index contributed by atoms with van der Waals surface area (Å²) in [4.78, 5) is 23.7. The zero-order chi connectivity index (χ0) is 16.7. The molecule has 0 saturated carbocycles. The summed E-state index contributed by atoms with van der Waals surface area (Å²) in [6.45, 7) is 0. The van der Waals surface area contributed by atoms with Crippen LogP contribution in [-0.4, -0.2) is 17.9 Å². The fourth-order valence-electron chi connectivity index (χ4n) is 2.28. The van der Waals surface area contributed by atoms with E-state index in [1.165, 1.54) is 0 Å². The van der Waals surface area contributed by atoms with E-state index in [1.54, 1.807) is 24.3 Å². The van der Waals surface area contributed by atoms with Crippen LogP contribution in [0.3, 0.4) is 0 Å². The smallest absolute Gasteiger partial charge is 0.240 e. The highest BCUT2D eigenvalue weighted by Crippen LogP contribution is 2.10. The zero-order valence-electron chi connectivity index (χ0n) is 12.5. The van der Waals surface area contributed by atoms with E-state index in [0.29, 0.717) is 11.1 Å². The lowest BCUT2D eigenvalue weighted by Gasteiger charge is -2.16. The largest absolute Gasteiger partial charge is 0.368 e. The number of benzene rings is 2. The van der Waals surface area contributed by atoms with Gasteiger partial charge in [-0.25, -0.2) is 0 Å². The Morgan fingerprint density at radius 3 is 2.39 bits per heavy atom. The molecule has 116 valence electrons. The maximum Gasteiger partial charge on any atom is 0.240 e. The molecule has 5 nitrogen and oxygen atoms in total. The molecule has 0 bridgehead atoms. The van der Waals surface area contributed by atoms with Crippen molar-refractivity contribution in [3.8, 4) is 6.07 Å². The minimum atomic E-state index is -0.847. The average Bonchev–Trinajstić information content (AvgIpc) is 2.55. The van der Waals surface area contributed by atoms with Crippen molar-refractivity contribution < 1.29 is 9.59 Å². The van der Waals surface area contributed by atoms with Crippen LogP contribution in [0, 0.1) is 11.3 Å². The molecule has 0 aliphatic rings. The van der Waals surface area contributed by atoms with Crippen molar-refractivity contribution in [1.29, 1.82) is 5.26 Å². The number of nitriles is 1. The summed E-state index contributed by atoms with van der Waals surface area (Å²) in [5.74, 6) is -0.909. The Kier molecular flexibility index (Phi) is 5.48. The monoisotopic (exact) mass is 307 g/mol. The van der Waals surface area contributed by atoms with Crippen molar-refractivity contribution in [2.75, 3.05) is 0 Å². The number of nitrogens with one attached hydrogen (secondary N) is 1. The third-order valence-corrected chi connectivity index (χ3v) is 3.45. The minimum Gasteiger partial charge on any atom is -0.368 e. The molecule has 0 aromatic heterocycles. The van der Waals surface area contributed by atoms with E-state index in [4.69, 9.17) is 11.0 Å². The number of rotatable bonds is 6. The summed E-state index contributed by atoms with van der Waals surface area (Å²) >= 11 is 0. The second-order valence-corrected chi connectivity index (χ2v) is 5.16. The first-order valence-corrected chi connectivity index (χ1v) is 7.20. The number of nitrogens with zero attached hydrogens (tertiary/aromatic N) is 1. The quantitative estimate of drug-likeness (QED) is 0.842. The van der Waals surface area contributed by atoms with E-state index < -0.39 is 11.9 Å². The standard InChI is InChI=1S/C18H17N3O2/c19-12-15-9-5-4-8-14(15)11-16(18(20)23)21-17(22)10-13-6-2-1-3-7-13/h1-9,16H,10-11H2,(H2,20,23)(H,21,22)/t16-/m1/s1. The van der Waals surface area contributed by atoms with Crippen LogP contribution < -0.4 is 11.1 Å². The molecule has 2 aromatic carbocycles. The molecule has 0 aliphatic heterocycles. The van der Waals surface area contributed by atoms with Crippen molar-refractivity contribution in [3.63, 3.8) is 0 Å². The highest BCUT2D eigenvalue weighted by Gasteiger charge is 2.20. The van der Waals surface area contributed by atoms with Gasteiger partial charge >= 0.3 is 0 Å². The van der Waals surface area contributed by atoms with Crippen LogP contribution in [-0.2, 0) is 22.4 Å². The van der Waals surface area contributed by atoms with Gasteiger partial charge in [-0.2, -0.15) is 5.26 Å². The number of amides is 2. The predicted octanol–water partition coefficient (Wildman–Crippen LogP) is 1.31. The van der Waals surface area contributed by atoms with E-state index in [9.17, 15) is 9.59 Å². The first-order valence-electron chi connectivity index (χ1n) is 7.20. The zero-order valence-corrected chi connectivity index (χ0v) is 12.5. The van der Waals surface area contributed by atoms with Gasteiger partial charge in [-0.15, -0.1) is 0 Å². The maximum absolute atomic E-state index is 12.1. The number of hydrogen-bond acceptors (Lipinski definition) is 3. The van der Waals surface area contributed by atoms with Gasteiger partial charge in [-0.05, 0) is 17.2 Å². The number of nitrogens with two attached hydrogens (primary N) is 1. The van der Waals surface area contributed by atoms with Crippen molar-refractivity contribution in [3.05, 3.63) is 71.3 Å². The number of hydrogen-bond donors (Lipinski definition) is 2. The Bertz CT molecular complexity index is 735. The minimum absolute atomic E-state index is 0.171. The second-order valence-electron chi connectivity index (χ2n) is 5.16. The van der Waals surface area contributed by atoms with Crippen LogP contribution in [0.15, 0.2) is 54.6 Å². The van der Waals surface area contributed by atoms with Gasteiger partial charge < -0.3 is 11.1 Å². The molecule has 2 amide bonds. The molecule has 0 unspecified atom stereocenters. The summed E-state index contributed by atoms with van der Waals surface area (Å²) in [7, 11) is 0. The molecule has 0 saturated heterocycles. The fraction of sp³-hybridized carbons (Fsp3) is 0.167. The van der Waals surface area contributed by atoms with Gasteiger partial charge in [0.2, 0.25) is 11.8 Å². The Morgan fingerprint density at radius 2 is 1.74 bits per heavy atom. The Morgan fingerprint density at radius 1 is 1.09 bits per heavy atom. The Hall–Kier alpha value is -3.13. The molecule has 2 aromatic rings. The normalized spacial score (nSPS) is 11.3. The van der Waals surface area contributed by atoms with Crippen molar-refractivity contribution in [1.82, 2.24) is 5.32 Å². The molecule has 0 aliphatic carbocycles. The van der Waals surface area contributed by atoms with Gasteiger partial charge in [-0.3, -0.25) is 9.59 Å². The molecule has 0 radical (unpaired) electrons. The average molecular weight is 307 g/mol. The van der Waals surface area contributed by atoms with Gasteiger partial charge in [0.1, 0.15) is 6.04 Å². The van der Waals surface area contributed by atoms with E-state index in [1.807, 2.05) is 30.3 Å². The molecule has 0 fully saturated rings. The molecule has 0 heterocycles. The fourth-order valence-corrected chi connectivity index (χ4v) is 2.28. The lowest BCUT2D eigenvalue weighted by molar-refractivity contribution is -0.127. The maximum atomic E-state index is 12.1. The molecule has 23 heavy (non-hydrogen) atoms. The third-order valence-electron chi connectivity index (χ3n) is 3.45. The van der Waals surface area contributed by atoms with Crippen LogP contribution in [0.2, 0.25) is 0 Å². The van der Waals surface area contributed by atoms with Gasteiger partial charge in [0.05, 0.1) is 18.1 Å². The lowest BCUT2D eigenvalue weighted by Crippen LogP contribution is -2.46. The lowest BCUT2D eigenvalue weighted by atomic mass is 10.00. The van der Waals surface area contributed by atoms with Gasteiger partial charge in [0.25, 0.3) is 0 Å². The van der Waals surface area contributed by atoms with Crippen LogP contribution in [0.5, 0.6) is 0 Å². The number of carbonyl (C=O) groups excluding carboxylic acids is 2. The predicted molar refractivity (Wildman–Crippen MR) is 86.1 cm³/mol. The molecular formula is C18H17N3O2. The van der Waals surface area contributed by atoms with Crippen molar-refractivity contribution in [2.45, 2.75) is 18.9 Å². The number of primary amides is 1. The van der Waals surface area contributed by atoms with Gasteiger partial charge in [0.15, 0.2) is 0 Å². The van der Waals surface area contributed by atoms with E-state index in [-0.39, 0.29) is 18.7 Å². The summed E-state index contributed by atoms with van der Waals surface area (Å²) in [6.07, 6.45) is 0.365. The highest BCUT2D eigenvalue weighted by atomic mass is 16.2. The second kappa shape index (κ2) is 7.76. The van der Waals surface area contributed by atoms with E-state index in [2.05, 4.69) is 11.4 Å². The summed E-state index contributed by atoms with van der Waals surface area (Å²) in [5, 5.41) is 11.7. The molecular weight excluding hydrogens is 290 g/mol. The third kappa shape index (κ3) is 4.68. The van der Waals surface area contributed by atoms with Crippen LogP contribution >= 0.6 is 0 Å². The van der Waals surface area contributed by atoms with Gasteiger partial charge in [-0.1, -0.05) is 48.5 Å². The Balaban J connectivity index is 2.06. The van der Waals surface area contributed by atoms with Crippen molar-refractivity contribution in [2.24, 2.45) is 5.73 Å². The van der Waals surface area contributed by atoms with Crippen molar-refractivity contribution >= 4 is 11.8 Å². The highest BCUT2D eigenvalue weighted by molar-refractivity contribution is 5.87. The number of carbonyl (C=O) groups is 2. The summed E-state index contributed by atoms with van der Waals surface area (Å²) in [5.41, 5.74) is 7.38. The SMILES string of the molecule is N#Cc1ccccc1C[C@@H](NC(=O)Cc1ccccc1)C(N)=O. The van der Waals surface area contributed by atoms with Crippen LogP contribution in [0.1, 0.15) is 16.7 Å².